The number of likely N-dealkylation sites (tertiary alicyclic amines) is 1. The third-order valence-electron chi connectivity index (χ3n) is 5.87. The highest BCUT2D eigenvalue weighted by Crippen LogP contribution is 2.41. The van der Waals surface area contributed by atoms with Crippen molar-refractivity contribution in [3.8, 4) is 0 Å². The number of amides is 1. The second-order valence-electron chi connectivity index (χ2n) is 7.44. The normalized spacial score (nSPS) is 27.5. The van der Waals surface area contributed by atoms with Gasteiger partial charge in [0.15, 0.2) is 0 Å². The van der Waals surface area contributed by atoms with Crippen LogP contribution in [0.4, 0.5) is 0 Å². The molecule has 2 fully saturated rings. The summed E-state index contributed by atoms with van der Waals surface area (Å²) in [5, 5.41) is 9.65. The molecule has 2 rings (SSSR count). The molecule has 1 aliphatic heterocycles. The van der Waals surface area contributed by atoms with Gasteiger partial charge in [0.25, 0.3) is 0 Å². The number of carbonyl (C=O) groups excluding carboxylic acids is 2. The van der Waals surface area contributed by atoms with E-state index >= 15 is 0 Å². The molecule has 7 heteroatoms. The van der Waals surface area contributed by atoms with Gasteiger partial charge in [0.1, 0.15) is 6.04 Å². The van der Waals surface area contributed by atoms with Crippen LogP contribution in [0.25, 0.3) is 0 Å². The van der Waals surface area contributed by atoms with E-state index in [4.69, 9.17) is 10.5 Å². The molecular formula is C19H32N2O5. The molecule has 1 heterocycles. The summed E-state index contributed by atoms with van der Waals surface area (Å²) in [4.78, 5) is 39.1. The molecule has 0 unspecified atom stereocenters. The number of nitrogens with zero attached hydrogens (tertiary/aromatic N) is 1. The molecule has 2 aliphatic rings. The van der Waals surface area contributed by atoms with Crippen molar-refractivity contribution in [2.24, 2.45) is 23.5 Å². The minimum Gasteiger partial charge on any atom is -0.480 e. The topological polar surface area (TPSA) is 110 Å². The lowest BCUT2D eigenvalue weighted by Crippen LogP contribution is -2.52. The molecule has 0 radical (unpaired) electrons. The van der Waals surface area contributed by atoms with Gasteiger partial charge in [0.2, 0.25) is 5.91 Å². The van der Waals surface area contributed by atoms with Crippen molar-refractivity contribution in [2.45, 2.75) is 70.9 Å². The van der Waals surface area contributed by atoms with Crippen LogP contribution in [-0.2, 0) is 19.1 Å². The van der Waals surface area contributed by atoms with E-state index in [-0.39, 0.29) is 31.0 Å². The average Bonchev–Trinajstić information content (AvgIpc) is 3.01. The summed E-state index contributed by atoms with van der Waals surface area (Å²) in [6.07, 6.45) is 5.60. The van der Waals surface area contributed by atoms with E-state index in [0.29, 0.717) is 12.8 Å². The Kier molecular flexibility index (Phi) is 7.43. The van der Waals surface area contributed by atoms with Gasteiger partial charge in [-0.15, -0.1) is 0 Å². The maximum Gasteiger partial charge on any atom is 0.326 e. The van der Waals surface area contributed by atoms with Crippen molar-refractivity contribution >= 4 is 17.8 Å². The van der Waals surface area contributed by atoms with Gasteiger partial charge in [-0.25, -0.2) is 4.79 Å². The van der Waals surface area contributed by atoms with Crippen molar-refractivity contribution in [2.75, 3.05) is 13.2 Å². The first-order chi connectivity index (χ1) is 12.5. The van der Waals surface area contributed by atoms with Gasteiger partial charge < -0.3 is 20.5 Å². The molecule has 1 aliphatic carbocycles. The summed E-state index contributed by atoms with van der Waals surface area (Å²) in [5.41, 5.74) is 5.89. The van der Waals surface area contributed by atoms with Gasteiger partial charge in [0.05, 0.1) is 18.4 Å². The maximum absolute atomic E-state index is 13.3. The van der Waals surface area contributed by atoms with Crippen molar-refractivity contribution in [3.63, 3.8) is 0 Å². The highest BCUT2D eigenvalue weighted by molar-refractivity contribution is 5.89. The van der Waals surface area contributed by atoms with Crippen LogP contribution < -0.4 is 5.73 Å². The Bertz CT molecular complexity index is 524. The maximum atomic E-state index is 13.3. The van der Waals surface area contributed by atoms with Gasteiger partial charge in [-0.1, -0.05) is 26.2 Å². The number of carboxylic acid groups (broad SMARTS) is 1. The van der Waals surface area contributed by atoms with E-state index in [0.717, 1.165) is 32.1 Å². The van der Waals surface area contributed by atoms with Gasteiger partial charge in [0, 0.05) is 12.6 Å². The molecule has 1 saturated carbocycles. The lowest BCUT2D eigenvalue weighted by Gasteiger charge is -2.36. The Labute approximate surface area is 155 Å². The fourth-order valence-electron chi connectivity index (χ4n) is 4.67. The summed E-state index contributed by atoms with van der Waals surface area (Å²) in [5.74, 6) is -2.78. The standard InChI is InChI=1S/C19H32N2O5/c1-3-7-13(19(25)26-4-2)14(11-20)17(22)21-15-9-6-5-8-12(15)10-16(21)18(23)24/h12-16H,3-11,20H2,1-2H3,(H,23,24)/t12-,13-,14+,15-,16-/m0/s1. The highest BCUT2D eigenvalue weighted by atomic mass is 16.5. The third kappa shape index (κ3) is 4.19. The first-order valence-corrected chi connectivity index (χ1v) is 9.87. The SMILES string of the molecule is CCC[C@H](C(=O)OCC)[C@@H](CN)C(=O)N1[C@H](C(=O)O)C[C@@H]2CCCC[C@@H]21. The Morgan fingerprint density at radius 2 is 1.88 bits per heavy atom. The second kappa shape index (κ2) is 9.35. The van der Waals surface area contributed by atoms with Gasteiger partial charge in [-0.05, 0) is 38.5 Å². The lowest BCUT2D eigenvalue weighted by molar-refractivity contribution is -0.158. The van der Waals surface area contributed by atoms with E-state index in [2.05, 4.69) is 0 Å². The quantitative estimate of drug-likeness (QED) is 0.632. The molecule has 0 aromatic rings. The summed E-state index contributed by atoms with van der Waals surface area (Å²) in [7, 11) is 0. The molecule has 1 saturated heterocycles. The Balaban J connectivity index is 2.28. The summed E-state index contributed by atoms with van der Waals surface area (Å²) in [6, 6.07) is -0.856. The summed E-state index contributed by atoms with van der Waals surface area (Å²) in [6.45, 7) is 3.93. The molecule has 7 nitrogen and oxygen atoms in total. The summed E-state index contributed by atoms with van der Waals surface area (Å²) >= 11 is 0. The largest absolute Gasteiger partial charge is 0.480 e. The Morgan fingerprint density at radius 3 is 2.46 bits per heavy atom. The van der Waals surface area contributed by atoms with Crippen LogP contribution in [0.1, 0.15) is 58.8 Å². The molecule has 148 valence electrons. The number of carbonyl (C=O) groups is 3. The van der Waals surface area contributed by atoms with Crippen molar-refractivity contribution in [1.82, 2.24) is 4.90 Å². The molecule has 5 atom stereocenters. The van der Waals surface area contributed by atoms with Gasteiger partial charge >= 0.3 is 11.9 Å². The van der Waals surface area contributed by atoms with Crippen LogP contribution in [0.2, 0.25) is 0 Å². The molecule has 3 N–H and O–H groups in total. The van der Waals surface area contributed by atoms with E-state index < -0.39 is 29.8 Å². The fraction of sp³-hybridized carbons (Fsp3) is 0.842. The van der Waals surface area contributed by atoms with Crippen LogP contribution in [0, 0.1) is 17.8 Å². The molecule has 0 aromatic heterocycles. The number of aliphatic carboxylic acids is 1. The van der Waals surface area contributed by atoms with Crippen molar-refractivity contribution in [1.29, 1.82) is 0 Å². The van der Waals surface area contributed by atoms with E-state index in [1.165, 1.54) is 0 Å². The predicted molar refractivity (Wildman–Crippen MR) is 96.2 cm³/mol. The predicted octanol–water partition coefficient (Wildman–Crippen LogP) is 1.78. The number of fused-ring (bicyclic) bond motifs is 1. The number of ether oxygens (including phenoxy) is 1. The lowest BCUT2D eigenvalue weighted by atomic mass is 9.83. The molecule has 26 heavy (non-hydrogen) atoms. The molecule has 0 aromatic carbocycles. The van der Waals surface area contributed by atoms with E-state index in [9.17, 15) is 19.5 Å². The zero-order chi connectivity index (χ0) is 19.3. The van der Waals surface area contributed by atoms with Crippen LogP contribution >= 0.6 is 0 Å². The van der Waals surface area contributed by atoms with Gasteiger partial charge in [-0.2, -0.15) is 0 Å². The molecule has 1 amide bonds. The Morgan fingerprint density at radius 1 is 1.19 bits per heavy atom. The molecule has 0 spiro atoms. The average molecular weight is 368 g/mol. The van der Waals surface area contributed by atoms with E-state index in [1.54, 1.807) is 11.8 Å². The van der Waals surface area contributed by atoms with Crippen LogP contribution in [0.3, 0.4) is 0 Å². The van der Waals surface area contributed by atoms with E-state index in [1.807, 2.05) is 6.92 Å². The second-order valence-corrected chi connectivity index (χ2v) is 7.44. The van der Waals surface area contributed by atoms with Crippen molar-refractivity contribution in [3.05, 3.63) is 0 Å². The van der Waals surface area contributed by atoms with Gasteiger partial charge in [-0.3, -0.25) is 9.59 Å². The zero-order valence-corrected chi connectivity index (χ0v) is 15.9. The monoisotopic (exact) mass is 368 g/mol. The minimum atomic E-state index is -0.966. The summed E-state index contributed by atoms with van der Waals surface area (Å²) < 4.78 is 5.15. The number of carboxylic acids is 1. The number of esters is 1. The number of hydrogen-bond acceptors (Lipinski definition) is 5. The first kappa shape index (κ1) is 20.7. The molecular weight excluding hydrogens is 336 g/mol. The minimum absolute atomic E-state index is 0.0164. The smallest absolute Gasteiger partial charge is 0.326 e. The van der Waals surface area contributed by atoms with Crippen LogP contribution in [-0.4, -0.2) is 53.1 Å². The van der Waals surface area contributed by atoms with Crippen molar-refractivity contribution < 1.29 is 24.2 Å². The first-order valence-electron chi connectivity index (χ1n) is 9.87. The Hall–Kier alpha value is -1.63. The number of nitrogens with two attached hydrogens (primary N) is 1. The number of rotatable bonds is 8. The molecule has 0 bridgehead atoms. The number of hydrogen-bond donors (Lipinski definition) is 2. The highest BCUT2D eigenvalue weighted by Gasteiger charge is 2.50. The fourth-order valence-corrected chi connectivity index (χ4v) is 4.67. The zero-order valence-electron chi connectivity index (χ0n) is 15.9. The van der Waals surface area contributed by atoms with Crippen LogP contribution in [0.5, 0.6) is 0 Å². The third-order valence-corrected chi connectivity index (χ3v) is 5.87. The van der Waals surface area contributed by atoms with Crippen LogP contribution in [0.15, 0.2) is 0 Å².